The Hall–Kier alpha value is -3.44. The zero-order valence-corrected chi connectivity index (χ0v) is 19.8. The molecular weight excluding hydrogens is 424 g/mol. The number of nitrogens with one attached hydrogen (secondary N) is 1. The van der Waals surface area contributed by atoms with Crippen LogP contribution in [0.4, 0.5) is 5.69 Å². The minimum Gasteiger partial charge on any atom is -0.479 e. The van der Waals surface area contributed by atoms with Gasteiger partial charge in [0.25, 0.3) is 0 Å². The Kier molecular flexibility index (Phi) is 9.86. The van der Waals surface area contributed by atoms with Gasteiger partial charge >= 0.3 is 5.97 Å². The Bertz CT molecular complexity index is 1000. The van der Waals surface area contributed by atoms with Crippen molar-refractivity contribution in [3.63, 3.8) is 0 Å². The third kappa shape index (κ3) is 7.85. The van der Waals surface area contributed by atoms with Crippen LogP contribution in [0.5, 0.6) is 0 Å². The van der Waals surface area contributed by atoms with Gasteiger partial charge in [-0.25, -0.2) is 4.79 Å². The van der Waals surface area contributed by atoms with Crippen molar-refractivity contribution >= 4 is 17.4 Å². The predicted molar refractivity (Wildman–Crippen MR) is 137 cm³/mol. The molecule has 0 aliphatic carbocycles. The molecule has 2 N–H and O–H groups in total. The molecule has 1 aliphatic rings. The van der Waals surface area contributed by atoms with Gasteiger partial charge in [-0.1, -0.05) is 92.2 Å². The summed E-state index contributed by atoms with van der Waals surface area (Å²) >= 11 is 0. The Labute approximate surface area is 202 Å². The van der Waals surface area contributed by atoms with Gasteiger partial charge in [0.05, 0.1) is 6.54 Å². The first kappa shape index (κ1) is 25.2. The second kappa shape index (κ2) is 13.3. The summed E-state index contributed by atoms with van der Waals surface area (Å²) < 4.78 is 0. The van der Waals surface area contributed by atoms with Gasteiger partial charge in [0, 0.05) is 11.3 Å². The van der Waals surface area contributed by atoms with Crippen LogP contribution in [-0.4, -0.2) is 41.4 Å². The number of carbonyl (C=O) groups is 2. The van der Waals surface area contributed by atoms with E-state index in [1.807, 2.05) is 78.9 Å². The minimum absolute atomic E-state index is 0.251. The molecule has 0 radical (unpaired) electrons. The van der Waals surface area contributed by atoms with Gasteiger partial charge in [-0.05, 0) is 49.5 Å². The fourth-order valence-electron chi connectivity index (χ4n) is 4.11. The van der Waals surface area contributed by atoms with Crippen LogP contribution in [-0.2, 0) is 4.79 Å². The van der Waals surface area contributed by atoms with Gasteiger partial charge < -0.3 is 10.4 Å². The Morgan fingerprint density at radius 3 is 1.94 bits per heavy atom. The largest absolute Gasteiger partial charge is 0.479 e. The van der Waals surface area contributed by atoms with Crippen LogP contribution in [0.25, 0.3) is 0 Å². The maximum absolute atomic E-state index is 12.0. The summed E-state index contributed by atoms with van der Waals surface area (Å²) in [5.41, 5.74) is 2.37. The van der Waals surface area contributed by atoms with E-state index in [1.54, 1.807) is 12.1 Å². The van der Waals surface area contributed by atoms with Crippen LogP contribution in [0.3, 0.4) is 0 Å². The first-order chi connectivity index (χ1) is 16.6. The molecule has 178 valence electrons. The molecule has 5 heteroatoms. The lowest BCUT2D eigenvalue weighted by atomic mass is 9.94. The van der Waals surface area contributed by atoms with E-state index in [-0.39, 0.29) is 5.78 Å². The molecule has 1 saturated heterocycles. The number of carbonyl (C=O) groups excluding carboxylic acids is 1. The minimum atomic E-state index is -0.889. The van der Waals surface area contributed by atoms with Crippen LogP contribution in [0.2, 0.25) is 0 Å². The number of aliphatic carboxylic acids is 1. The number of carboxylic acid groups (broad SMARTS) is 1. The highest BCUT2D eigenvalue weighted by atomic mass is 16.4. The Balaban J connectivity index is 0.000000191. The quantitative estimate of drug-likeness (QED) is 0.410. The summed E-state index contributed by atoms with van der Waals surface area (Å²) in [5.74, 6) is 0.235. The number of para-hydroxylation sites is 1. The van der Waals surface area contributed by atoms with E-state index in [9.17, 15) is 14.7 Å². The van der Waals surface area contributed by atoms with E-state index in [0.29, 0.717) is 6.54 Å². The topological polar surface area (TPSA) is 69.6 Å². The molecule has 0 spiro atoms. The van der Waals surface area contributed by atoms with Crippen molar-refractivity contribution in [2.75, 3.05) is 25.0 Å². The standard InChI is InChI=1S/C15H21NO.C14H13NO2/c1-2-13-8-10-16(11-9-13)12-15(17)14-6-4-3-5-7-14;16-14(17)13(11-7-3-1-4-8-11)15-12-9-5-2-6-10-12/h3-7,13H,2,8-12H2,1H3;1-10,13,15H,(H,16,17). The van der Waals surface area contributed by atoms with Crippen molar-refractivity contribution in [2.45, 2.75) is 32.2 Å². The molecule has 0 saturated carbocycles. The van der Waals surface area contributed by atoms with Gasteiger partial charge in [0.1, 0.15) is 0 Å². The summed E-state index contributed by atoms with van der Waals surface area (Å²) in [6, 6.07) is 27.3. The monoisotopic (exact) mass is 458 g/mol. The molecule has 1 unspecified atom stereocenters. The molecule has 5 nitrogen and oxygen atoms in total. The smallest absolute Gasteiger partial charge is 0.330 e. The summed E-state index contributed by atoms with van der Waals surface area (Å²) in [7, 11) is 0. The van der Waals surface area contributed by atoms with Crippen molar-refractivity contribution in [1.82, 2.24) is 4.90 Å². The maximum atomic E-state index is 12.0. The number of nitrogens with zero attached hydrogens (tertiary/aromatic N) is 1. The number of piperidine rings is 1. The summed E-state index contributed by atoms with van der Waals surface area (Å²) in [6.07, 6.45) is 3.78. The van der Waals surface area contributed by atoms with E-state index >= 15 is 0 Å². The first-order valence-electron chi connectivity index (χ1n) is 12.0. The number of carboxylic acids is 1. The van der Waals surface area contributed by atoms with Crippen LogP contribution in [0.1, 0.15) is 48.1 Å². The van der Waals surface area contributed by atoms with Crippen molar-refractivity contribution < 1.29 is 14.7 Å². The average Bonchev–Trinajstić information content (AvgIpc) is 2.89. The van der Waals surface area contributed by atoms with E-state index in [0.717, 1.165) is 35.8 Å². The van der Waals surface area contributed by atoms with Crippen molar-refractivity contribution in [1.29, 1.82) is 0 Å². The average molecular weight is 459 g/mol. The highest BCUT2D eigenvalue weighted by molar-refractivity contribution is 5.97. The highest BCUT2D eigenvalue weighted by Crippen LogP contribution is 2.20. The van der Waals surface area contributed by atoms with Gasteiger partial charge in [-0.15, -0.1) is 0 Å². The zero-order valence-electron chi connectivity index (χ0n) is 19.8. The van der Waals surface area contributed by atoms with E-state index < -0.39 is 12.0 Å². The number of hydrogen-bond donors (Lipinski definition) is 2. The van der Waals surface area contributed by atoms with Gasteiger partial charge in [-0.2, -0.15) is 0 Å². The fourth-order valence-corrected chi connectivity index (χ4v) is 4.11. The normalized spacial score (nSPS) is 15.0. The van der Waals surface area contributed by atoms with Crippen LogP contribution in [0.15, 0.2) is 91.0 Å². The van der Waals surface area contributed by atoms with Crippen LogP contribution < -0.4 is 5.32 Å². The van der Waals surface area contributed by atoms with Gasteiger partial charge in [0.2, 0.25) is 0 Å². The molecule has 0 amide bonds. The second-order valence-corrected chi connectivity index (χ2v) is 8.61. The fraction of sp³-hybridized carbons (Fsp3) is 0.310. The maximum Gasteiger partial charge on any atom is 0.330 e. The van der Waals surface area contributed by atoms with Gasteiger partial charge in [-0.3, -0.25) is 9.69 Å². The molecule has 1 aliphatic heterocycles. The van der Waals surface area contributed by atoms with Crippen molar-refractivity contribution in [3.05, 3.63) is 102 Å². The molecule has 1 atom stereocenters. The lowest BCUT2D eigenvalue weighted by Gasteiger charge is -2.30. The first-order valence-corrected chi connectivity index (χ1v) is 12.0. The zero-order chi connectivity index (χ0) is 24.2. The number of Topliss-reactive ketones (excluding diaryl/α,β-unsaturated/α-hetero) is 1. The van der Waals surface area contributed by atoms with Crippen LogP contribution in [0, 0.1) is 5.92 Å². The molecule has 1 heterocycles. The molecule has 0 bridgehead atoms. The molecular formula is C29H34N2O3. The summed E-state index contributed by atoms with van der Waals surface area (Å²) in [6.45, 7) is 5.00. The molecule has 1 fully saturated rings. The Morgan fingerprint density at radius 2 is 1.41 bits per heavy atom. The number of ketones is 1. The molecule has 34 heavy (non-hydrogen) atoms. The SMILES string of the molecule is CCC1CCN(CC(=O)c2ccccc2)CC1.O=C(O)C(Nc1ccccc1)c1ccccc1. The lowest BCUT2D eigenvalue weighted by molar-refractivity contribution is -0.138. The van der Waals surface area contributed by atoms with E-state index in [4.69, 9.17) is 0 Å². The summed E-state index contributed by atoms with van der Waals surface area (Å²) in [5, 5.41) is 12.2. The number of anilines is 1. The number of likely N-dealkylation sites (tertiary alicyclic amines) is 1. The number of benzene rings is 3. The third-order valence-corrected chi connectivity index (χ3v) is 6.21. The molecule has 3 aromatic carbocycles. The lowest BCUT2D eigenvalue weighted by Crippen LogP contribution is -2.37. The van der Waals surface area contributed by atoms with E-state index in [2.05, 4.69) is 17.1 Å². The number of hydrogen-bond acceptors (Lipinski definition) is 4. The number of rotatable bonds is 8. The third-order valence-electron chi connectivity index (χ3n) is 6.21. The van der Waals surface area contributed by atoms with Crippen molar-refractivity contribution in [3.8, 4) is 0 Å². The van der Waals surface area contributed by atoms with Crippen LogP contribution >= 0.6 is 0 Å². The highest BCUT2D eigenvalue weighted by Gasteiger charge is 2.20. The molecule has 3 aromatic rings. The molecule has 0 aromatic heterocycles. The van der Waals surface area contributed by atoms with E-state index in [1.165, 1.54) is 19.3 Å². The predicted octanol–water partition coefficient (Wildman–Crippen LogP) is 5.92. The van der Waals surface area contributed by atoms with Gasteiger partial charge in [0.15, 0.2) is 11.8 Å². The summed E-state index contributed by atoms with van der Waals surface area (Å²) in [4.78, 5) is 25.6. The molecule has 4 rings (SSSR count). The Morgan fingerprint density at radius 1 is 0.882 bits per heavy atom. The second-order valence-electron chi connectivity index (χ2n) is 8.61. The van der Waals surface area contributed by atoms with Crippen molar-refractivity contribution in [2.24, 2.45) is 5.92 Å².